The van der Waals surface area contributed by atoms with E-state index in [0.29, 0.717) is 42.3 Å². The van der Waals surface area contributed by atoms with Crippen molar-refractivity contribution in [3.05, 3.63) is 81.5 Å². The molecule has 35 heavy (non-hydrogen) atoms. The molecule has 0 bridgehead atoms. The van der Waals surface area contributed by atoms with Crippen LogP contribution in [-0.4, -0.2) is 27.2 Å². The summed E-state index contributed by atoms with van der Waals surface area (Å²) in [5.41, 5.74) is 3.97. The van der Waals surface area contributed by atoms with Crippen LogP contribution in [0.4, 0.5) is 0 Å². The largest absolute Gasteiger partial charge is 0.493 e. The van der Waals surface area contributed by atoms with E-state index in [1.54, 1.807) is 26.4 Å². The lowest BCUT2D eigenvalue weighted by Crippen LogP contribution is -2.26. The van der Waals surface area contributed by atoms with Crippen LogP contribution in [0.1, 0.15) is 36.1 Å². The highest BCUT2D eigenvalue weighted by atomic mass is 16.5. The summed E-state index contributed by atoms with van der Waals surface area (Å²) >= 11 is 0. The maximum absolute atomic E-state index is 12.9. The van der Waals surface area contributed by atoms with E-state index in [0.717, 1.165) is 22.3 Å². The van der Waals surface area contributed by atoms with Gasteiger partial charge in [-0.2, -0.15) is 0 Å². The maximum atomic E-state index is 12.9. The van der Waals surface area contributed by atoms with Gasteiger partial charge in [-0.1, -0.05) is 36.4 Å². The number of ether oxygens (including phenoxy) is 4. The smallest absolute Gasteiger partial charge is 0.220 e. The summed E-state index contributed by atoms with van der Waals surface area (Å²) in [7, 11) is 4.62. The zero-order valence-corrected chi connectivity index (χ0v) is 20.3. The fourth-order valence-corrected chi connectivity index (χ4v) is 4.53. The lowest BCUT2D eigenvalue weighted by atomic mass is 9.95. The van der Waals surface area contributed by atoms with E-state index < -0.39 is 0 Å². The quantitative estimate of drug-likeness (QED) is 0.544. The molecular formula is C28H29NO6. The Morgan fingerprint density at radius 3 is 2.34 bits per heavy atom. The third kappa shape index (κ3) is 4.94. The Morgan fingerprint density at radius 1 is 0.943 bits per heavy atom. The number of carbonyl (C=O) groups excluding carboxylic acids is 1. The van der Waals surface area contributed by atoms with Crippen LogP contribution in [0.3, 0.4) is 0 Å². The molecule has 1 N–H and O–H groups in total. The van der Waals surface area contributed by atoms with E-state index >= 15 is 0 Å². The first-order chi connectivity index (χ1) is 17.0. The average Bonchev–Trinajstić information content (AvgIpc) is 3.10. The van der Waals surface area contributed by atoms with E-state index in [2.05, 4.69) is 5.32 Å². The Labute approximate surface area is 204 Å². The number of methoxy groups -OCH3 is 3. The maximum Gasteiger partial charge on any atom is 0.220 e. The van der Waals surface area contributed by atoms with Crippen LogP contribution in [0.2, 0.25) is 0 Å². The van der Waals surface area contributed by atoms with Crippen molar-refractivity contribution in [2.24, 2.45) is 0 Å². The number of benzene rings is 2. The van der Waals surface area contributed by atoms with Crippen molar-refractivity contribution < 1.29 is 23.7 Å². The van der Waals surface area contributed by atoms with Gasteiger partial charge in [-0.25, -0.2) is 0 Å². The van der Waals surface area contributed by atoms with Gasteiger partial charge in [0.15, 0.2) is 17.2 Å². The van der Waals surface area contributed by atoms with Gasteiger partial charge in [-0.15, -0.1) is 0 Å². The van der Waals surface area contributed by atoms with Crippen LogP contribution in [0.15, 0.2) is 59.4 Å². The molecule has 1 aliphatic rings. The molecule has 1 amide bonds. The molecule has 0 saturated heterocycles. The van der Waals surface area contributed by atoms with Crippen molar-refractivity contribution in [2.75, 3.05) is 21.3 Å². The molecule has 0 unspecified atom stereocenters. The average molecular weight is 476 g/mol. The summed E-state index contributed by atoms with van der Waals surface area (Å²) in [6, 6.07) is 16.4. The summed E-state index contributed by atoms with van der Waals surface area (Å²) in [5.74, 6) is 1.58. The molecule has 0 aliphatic heterocycles. The summed E-state index contributed by atoms with van der Waals surface area (Å²) in [6.45, 7) is 1.79. The molecule has 7 nitrogen and oxygen atoms in total. The van der Waals surface area contributed by atoms with Crippen LogP contribution in [0.25, 0.3) is 11.1 Å². The Balaban J connectivity index is 1.99. The monoisotopic (exact) mass is 475 g/mol. The van der Waals surface area contributed by atoms with Gasteiger partial charge < -0.3 is 24.3 Å². The molecule has 0 fully saturated rings. The third-order valence-electron chi connectivity index (χ3n) is 6.12. The van der Waals surface area contributed by atoms with Gasteiger partial charge in [-0.3, -0.25) is 9.59 Å². The first-order valence-corrected chi connectivity index (χ1v) is 11.4. The zero-order valence-electron chi connectivity index (χ0n) is 20.3. The molecule has 0 spiro atoms. The molecule has 0 heterocycles. The molecule has 182 valence electrons. The lowest BCUT2D eigenvalue weighted by molar-refractivity contribution is -0.119. The lowest BCUT2D eigenvalue weighted by Gasteiger charge is -2.21. The first kappa shape index (κ1) is 24.1. The molecule has 0 saturated carbocycles. The highest BCUT2D eigenvalue weighted by molar-refractivity contribution is 5.83. The molecule has 3 aromatic rings. The van der Waals surface area contributed by atoms with Gasteiger partial charge in [-0.05, 0) is 53.3 Å². The van der Waals surface area contributed by atoms with Gasteiger partial charge in [0.25, 0.3) is 0 Å². The van der Waals surface area contributed by atoms with Crippen molar-refractivity contribution in [1.29, 1.82) is 0 Å². The number of hydrogen-bond acceptors (Lipinski definition) is 6. The molecular weight excluding hydrogens is 446 g/mol. The highest BCUT2D eigenvalue weighted by Crippen LogP contribution is 2.50. The van der Waals surface area contributed by atoms with Crippen LogP contribution < -0.4 is 29.7 Å². The van der Waals surface area contributed by atoms with E-state index in [-0.39, 0.29) is 23.1 Å². The Morgan fingerprint density at radius 2 is 1.69 bits per heavy atom. The first-order valence-electron chi connectivity index (χ1n) is 11.4. The number of carbonyl (C=O) groups is 1. The van der Waals surface area contributed by atoms with E-state index in [1.807, 2.05) is 42.5 Å². The second kappa shape index (κ2) is 10.5. The minimum Gasteiger partial charge on any atom is -0.493 e. The van der Waals surface area contributed by atoms with Crippen molar-refractivity contribution >= 4 is 5.91 Å². The summed E-state index contributed by atoms with van der Waals surface area (Å²) in [5, 5.41) is 3.00. The number of amides is 1. The number of rotatable bonds is 7. The van der Waals surface area contributed by atoms with Crippen molar-refractivity contribution in [3.63, 3.8) is 0 Å². The van der Waals surface area contributed by atoms with Gasteiger partial charge in [0, 0.05) is 12.5 Å². The second-order valence-corrected chi connectivity index (χ2v) is 8.32. The van der Waals surface area contributed by atoms with Crippen LogP contribution in [0.5, 0.6) is 23.0 Å². The SMILES string of the molecule is COc1cc2c(c(OCc3ccccc3)c1OC)-c1ccc(OC)c(=O)cc1[C@@H](NC(C)=O)CC2. The van der Waals surface area contributed by atoms with Gasteiger partial charge >= 0.3 is 0 Å². The van der Waals surface area contributed by atoms with Gasteiger partial charge in [0.05, 0.1) is 27.4 Å². The standard InChI is InChI=1S/C28H29NO6/c1-17(30)29-22-12-10-19-14-25(33-3)27(34-4)28(35-16-18-8-6-5-7-9-18)26(19)20-11-13-24(32-2)23(31)15-21(20)22/h5-9,11,13-15,22H,10,12,16H2,1-4H3,(H,29,30)/t22-/m0/s1. The topological polar surface area (TPSA) is 83.1 Å². The molecule has 7 heteroatoms. The molecule has 3 aromatic carbocycles. The minimum atomic E-state index is -0.362. The molecule has 0 aromatic heterocycles. The summed E-state index contributed by atoms with van der Waals surface area (Å²) in [4.78, 5) is 24.9. The fourth-order valence-electron chi connectivity index (χ4n) is 4.53. The van der Waals surface area contributed by atoms with Crippen LogP contribution in [-0.2, 0) is 17.8 Å². The van der Waals surface area contributed by atoms with Crippen LogP contribution >= 0.6 is 0 Å². The highest BCUT2D eigenvalue weighted by Gasteiger charge is 2.29. The predicted octanol–water partition coefficient (Wildman–Crippen LogP) is 4.44. The normalized spacial score (nSPS) is 14.1. The predicted molar refractivity (Wildman–Crippen MR) is 133 cm³/mol. The van der Waals surface area contributed by atoms with Crippen molar-refractivity contribution in [3.8, 4) is 34.1 Å². The Bertz CT molecular complexity index is 1290. The number of nitrogens with one attached hydrogen (secondary N) is 1. The van der Waals surface area contributed by atoms with Crippen molar-refractivity contribution in [1.82, 2.24) is 5.32 Å². The number of hydrogen-bond donors (Lipinski definition) is 1. The second-order valence-electron chi connectivity index (χ2n) is 8.32. The number of aryl methyl sites for hydroxylation is 1. The molecule has 1 atom stereocenters. The third-order valence-corrected chi connectivity index (χ3v) is 6.12. The molecule has 4 rings (SSSR count). The van der Waals surface area contributed by atoms with E-state index in [4.69, 9.17) is 18.9 Å². The van der Waals surface area contributed by atoms with Crippen LogP contribution in [0, 0.1) is 0 Å². The molecule has 0 radical (unpaired) electrons. The van der Waals surface area contributed by atoms with Gasteiger partial charge in [0.2, 0.25) is 17.1 Å². The van der Waals surface area contributed by atoms with Crippen molar-refractivity contribution in [2.45, 2.75) is 32.4 Å². The van der Waals surface area contributed by atoms with E-state index in [9.17, 15) is 9.59 Å². The fraction of sp³-hybridized carbons (Fsp3) is 0.286. The van der Waals surface area contributed by atoms with E-state index in [1.165, 1.54) is 14.0 Å². The molecule has 1 aliphatic carbocycles. The minimum absolute atomic E-state index is 0.173. The zero-order chi connectivity index (χ0) is 24.9. The van der Waals surface area contributed by atoms with Gasteiger partial charge in [0.1, 0.15) is 6.61 Å². The summed E-state index contributed by atoms with van der Waals surface area (Å²) < 4.78 is 23.1. The summed E-state index contributed by atoms with van der Waals surface area (Å²) in [6.07, 6.45) is 1.23. The Hall–Kier alpha value is -4.00. The Kier molecular flexibility index (Phi) is 7.25. The number of fused-ring (bicyclic) bond motifs is 3.